The van der Waals surface area contributed by atoms with Gasteiger partial charge in [-0.2, -0.15) is 0 Å². The van der Waals surface area contributed by atoms with Crippen LogP contribution in [0.4, 0.5) is 0 Å². The highest BCUT2D eigenvalue weighted by Crippen LogP contribution is 2.00. The van der Waals surface area contributed by atoms with E-state index in [-0.39, 0.29) is 0 Å². The van der Waals surface area contributed by atoms with E-state index >= 15 is 0 Å². The van der Waals surface area contributed by atoms with Crippen molar-refractivity contribution < 1.29 is 9.13 Å². The van der Waals surface area contributed by atoms with E-state index in [1.54, 1.807) is 0 Å². The van der Waals surface area contributed by atoms with Crippen LogP contribution in [0, 0.1) is 0 Å². The van der Waals surface area contributed by atoms with Gasteiger partial charge in [-0.25, -0.2) is 23.3 Å². The summed E-state index contributed by atoms with van der Waals surface area (Å²) in [7, 11) is 0. The molecule has 5 nitrogen and oxygen atoms in total. The van der Waals surface area contributed by atoms with Crippen LogP contribution in [-0.2, 0) is 26.2 Å². The fourth-order valence-electron chi connectivity index (χ4n) is 2.66. The van der Waals surface area contributed by atoms with E-state index in [1.807, 2.05) is 24.5 Å². The summed E-state index contributed by atoms with van der Waals surface area (Å²) in [6.07, 6.45) is 16.1. The number of aromatic nitrogens is 5. The zero-order valence-electron chi connectivity index (χ0n) is 13.8. The summed E-state index contributed by atoms with van der Waals surface area (Å²) in [6, 6.07) is 6.20. The number of rotatable bonds is 8. The molecule has 0 aliphatic carbocycles. The fraction of sp³-hybridized carbons (Fsp3) is 0.211. The maximum atomic E-state index is 4.77. The van der Waals surface area contributed by atoms with Crippen LogP contribution in [0.5, 0.6) is 0 Å². The Balaban J connectivity index is 1.68. The molecule has 122 valence electrons. The van der Waals surface area contributed by atoms with Gasteiger partial charge in [-0.3, -0.25) is 0 Å². The van der Waals surface area contributed by atoms with Gasteiger partial charge in [-0.05, 0) is 12.1 Å². The van der Waals surface area contributed by atoms with Crippen molar-refractivity contribution in [2.24, 2.45) is 0 Å². The third kappa shape index (κ3) is 4.07. The minimum Gasteiger partial charge on any atom is -0.250 e. The molecule has 0 radical (unpaired) electrons. The Kier molecular flexibility index (Phi) is 5.01. The second-order valence-corrected chi connectivity index (χ2v) is 5.76. The Hall–Kier alpha value is -2.95. The van der Waals surface area contributed by atoms with Gasteiger partial charge in [0.25, 0.3) is 0 Å². The Morgan fingerprint density at radius 2 is 1.38 bits per heavy atom. The van der Waals surface area contributed by atoms with Crippen LogP contribution in [0.2, 0.25) is 0 Å². The number of allylic oxidation sites excluding steroid dienone is 2. The van der Waals surface area contributed by atoms with Crippen molar-refractivity contribution in [3.05, 3.63) is 92.3 Å². The van der Waals surface area contributed by atoms with Crippen molar-refractivity contribution >= 4 is 0 Å². The number of imidazole rings is 2. The van der Waals surface area contributed by atoms with Crippen LogP contribution in [0.25, 0.3) is 0 Å². The molecule has 24 heavy (non-hydrogen) atoms. The largest absolute Gasteiger partial charge is 0.250 e. The summed E-state index contributed by atoms with van der Waals surface area (Å²) in [4.78, 5) is 4.77. The van der Waals surface area contributed by atoms with Gasteiger partial charge in [-0.15, -0.1) is 0 Å². The van der Waals surface area contributed by atoms with Crippen LogP contribution < -0.4 is 9.13 Å². The molecule has 5 heteroatoms. The van der Waals surface area contributed by atoms with Crippen molar-refractivity contribution in [3.63, 3.8) is 0 Å². The maximum Gasteiger partial charge on any atom is 0.244 e. The molecule has 0 fully saturated rings. The smallest absolute Gasteiger partial charge is 0.244 e. The van der Waals surface area contributed by atoms with Gasteiger partial charge in [0.1, 0.15) is 51.0 Å². The zero-order chi connectivity index (χ0) is 16.8. The van der Waals surface area contributed by atoms with Gasteiger partial charge in [0, 0.05) is 0 Å². The SMILES string of the molecule is C=CCn1cc[n+](Cc2cccc(C[n+]3ccn(CC=C)c3)n2)c1. The van der Waals surface area contributed by atoms with Crippen LogP contribution in [0.1, 0.15) is 11.4 Å². The third-order valence-corrected chi connectivity index (χ3v) is 3.73. The van der Waals surface area contributed by atoms with Crippen LogP contribution in [0.3, 0.4) is 0 Å². The van der Waals surface area contributed by atoms with Gasteiger partial charge in [0.05, 0.1) is 11.4 Å². The molecule has 0 spiro atoms. The van der Waals surface area contributed by atoms with Gasteiger partial charge in [0.15, 0.2) is 0 Å². The van der Waals surface area contributed by atoms with E-state index in [1.165, 1.54) is 0 Å². The third-order valence-electron chi connectivity index (χ3n) is 3.73. The lowest BCUT2D eigenvalue weighted by atomic mass is 10.3. The molecule has 0 aliphatic rings. The molecule has 3 aromatic rings. The Morgan fingerprint density at radius 1 is 0.875 bits per heavy atom. The lowest BCUT2D eigenvalue weighted by Crippen LogP contribution is -2.34. The summed E-state index contributed by atoms with van der Waals surface area (Å²) < 4.78 is 8.44. The minimum atomic E-state index is 0.764. The highest BCUT2D eigenvalue weighted by atomic mass is 15.1. The molecule has 0 N–H and O–H groups in total. The molecule has 0 unspecified atom stereocenters. The van der Waals surface area contributed by atoms with Crippen LogP contribution >= 0.6 is 0 Å². The predicted molar refractivity (Wildman–Crippen MR) is 92.1 cm³/mol. The zero-order valence-corrected chi connectivity index (χ0v) is 13.8. The Bertz CT molecular complexity index is 762. The summed E-state index contributed by atoms with van der Waals surface area (Å²) in [6.45, 7) is 10.7. The molecule has 0 aromatic carbocycles. The van der Waals surface area contributed by atoms with Crippen molar-refractivity contribution in [2.75, 3.05) is 0 Å². The predicted octanol–water partition coefficient (Wildman–Crippen LogP) is 1.73. The molecule has 0 atom stereocenters. The fourth-order valence-corrected chi connectivity index (χ4v) is 2.66. The van der Waals surface area contributed by atoms with E-state index in [0.29, 0.717) is 0 Å². The lowest BCUT2D eigenvalue weighted by Gasteiger charge is -2.01. The molecule has 0 bridgehead atoms. The molecule has 0 saturated heterocycles. The highest BCUT2D eigenvalue weighted by molar-refractivity contribution is 5.09. The van der Waals surface area contributed by atoms with E-state index < -0.39 is 0 Å². The van der Waals surface area contributed by atoms with Gasteiger partial charge in [-0.1, -0.05) is 31.4 Å². The minimum absolute atomic E-state index is 0.764. The Labute approximate surface area is 142 Å². The van der Waals surface area contributed by atoms with E-state index in [0.717, 1.165) is 37.6 Å². The molecular formula is C19H23N5+2. The summed E-state index contributed by atoms with van der Waals surface area (Å²) in [5.41, 5.74) is 2.11. The van der Waals surface area contributed by atoms with Crippen molar-refractivity contribution in [3.8, 4) is 0 Å². The summed E-state index contributed by atoms with van der Waals surface area (Å²) >= 11 is 0. The molecule has 0 saturated carbocycles. The summed E-state index contributed by atoms with van der Waals surface area (Å²) in [5.74, 6) is 0. The molecule has 3 aromatic heterocycles. The first-order chi connectivity index (χ1) is 11.8. The monoisotopic (exact) mass is 321 g/mol. The highest BCUT2D eigenvalue weighted by Gasteiger charge is 2.08. The van der Waals surface area contributed by atoms with Crippen molar-refractivity contribution in [2.45, 2.75) is 26.2 Å². The van der Waals surface area contributed by atoms with Gasteiger partial charge < -0.3 is 0 Å². The number of pyridine rings is 1. The van der Waals surface area contributed by atoms with E-state index in [4.69, 9.17) is 4.98 Å². The quantitative estimate of drug-likeness (QED) is 0.459. The number of hydrogen-bond donors (Lipinski definition) is 0. The molecule has 3 rings (SSSR count). The summed E-state index contributed by atoms with van der Waals surface area (Å²) in [5, 5.41) is 0. The Morgan fingerprint density at radius 3 is 1.83 bits per heavy atom. The normalized spacial score (nSPS) is 10.7. The second kappa shape index (κ2) is 7.55. The standard InChI is InChI=1S/C19H23N5/c1-3-8-21-10-12-23(16-21)14-18-6-5-7-19(20-18)15-24-13-11-22(17-24)9-4-2/h3-7,10-13,16-17H,1-2,8-9,14-15H2/q+2. The van der Waals surface area contributed by atoms with Gasteiger partial charge in [0.2, 0.25) is 12.7 Å². The lowest BCUT2D eigenvalue weighted by molar-refractivity contribution is -0.689. The molecule has 3 heterocycles. The molecular weight excluding hydrogens is 298 g/mol. The average molecular weight is 321 g/mol. The second-order valence-electron chi connectivity index (χ2n) is 5.76. The average Bonchev–Trinajstić information content (AvgIpc) is 3.18. The number of hydrogen-bond acceptors (Lipinski definition) is 1. The molecule has 0 amide bonds. The van der Waals surface area contributed by atoms with Gasteiger partial charge >= 0.3 is 0 Å². The first-order valence-corrected chi connectivity index (χ1v) is 8.03. The van der Waals surface area contributed by atoms with E-state index in [9.17, 15) is 0 Å². The maximum absolute atomic E-state index is 4.77. The topological polar surface area (TPSA) is 30.5 Å². The van der Waals surface area contributed by atoms with E-state index in [2.05, 4.69) is 74.7 Å². The van der Waals surface area contributed by atoms with Crippen molar-refractivity contribution in [1.29, 1.82) is 0 Å². The first kappa shape index (κ1) is 15.9. The number of nitrogens with zero attached hydrogens (tertiary/aromatic N) is 5. The van der Waals surface area contributed by atoms with Crippen molar-refractivity contribution in [1.82, 2.24) is 14.1 Å². The first-order valence-electron chi connectivity index (χ1n) is 8.03. The molecule has 0 aliphatic heterocycles. The van der Waals surface area contributed by atoms with Crippen LogP contribution in [0.15, 0.2) is 81.0 Å². The van der Waals surface area contributed by atoms with Crippen LogP contribution in [-0.4, -0.2) is 14.1 Å².